The third kappa shape index (κ3) is 6.32. The standard InChI is InChI=1S/C25H27N3O4S/c1-16(2)21(27-22(29)19-11-9-17(3)10-12-19)23(30)26-13-14-28-24(31)20(33-25(28)32)15-18-7-5-4-6-8-18/h4-12,15-16,21H,13-14H2,1-3H3,(H,26,30)(H,27,29)/b20-15+/t21-/m0/s1. The molecule has 0 aromatic heterocycles. The Balaban J connectivity index is 1.56. The summed E-state index contributed by atoms with van der Waals surface area (Å²) < 4.78 is 0. The number of hydrogen-bond donors (Lipinski definition) is 2. The molecule has 1 aliphatic heterocycles. The van der Waals surface area contributed by atoms with Crippen LogP contribution in [0.5, 0.6) is 0 Å². The molecule has 1 heterocycles. The van der Waals surface area contributed by atoms with Crippen LogP contribution in [-0.2, 0) is 9.59 Å². The Kier molecular flexibility index (Phi) is 8.06. The van der Waals surface area contributed by atoms with Crippen LogP contribution < -0.4 is 10.6 Å². The maximum absolute atomic E-state index is 12.7. The van der Waals surface area contributed by atoms with Crippen molar-refractivity contribution in [3.8, 4) is 0 Å². The molecule has 0 spiro atoms. The number of carbonyl (C=O) groups is 4. The number of thioether (sulfide) groups is 1. The summed E-state index contributed by atoms with van der Waals surface area (Å²) in [5.74, 6) is -1.22. The molecular formula is C25H27N3O4S. The Bertz CT molecular complexity index is 1060. The lowest BCUT2D eigenvalue weighted by Gasteiger charge is -2.22. The molecule has 1 aliphatic rings. The lowest BCUT2D eigenvalue weighted by Crippen LogP contribution is -2.51. The molecule has 0 aliphatic carbocycles. The monoisotopic (exact) mass is 465 g/mol. The lowest BCUT2D eigenvalue weighted by atomic mass is 10.0. The average Bonchev–Trinajstić information content (AvgIpc) is 3.05. The second kappa shape index (κ2) is 11.0. The second-order valence-electron chi connectivity index (χ2n) is 8.10. The van der Waals surface area contributed by atoms with E-state index in [1.54, 1.807) is 18.2 Å². The van der Waals surface area contributed by atoms with Crippen molar-refractivity contribution in [3.63, 3.8) is 0 Å². The SMILES string of the molecule is Cc1ccc(C(=O)N[C@H](C(=O)NCCN2C(=O)S/C(=C/c3ccccc3)C2=O)C(C)C)cc1. The van der Waals surface area contributed by atoms with E-state index in [2.05, 4.69) is 10.6 Å². The van der Waals surface area contributed by atoms with Gasteiger partial charge < -0.3 is 10.6 Å². The number of rotatable bonds is 8. The maximum Gasteiger partial charge on any atom is 0.293 e. The number of aryl methyl sites for hydroxylation is 1. The lowest BCUT2D eigenvalue weighted by molar-refractivity contribution is -0.125. The molecule has 2 N–H and O–H groups in total. The minimum Gasteiger partial charge on any atom is -0.353 e. The fourth-order valence-electron chi connectivity index (χ4n) is 3.26. The molecule has 3 rings (SSSR count). The van der Waals surface area contributed by atoms with E-state index in [1.165, 1.54) is 0 Å². The van der Waals surface area contributed by atoms with Crippen molar-refractivity contribution in [1.29, 1.82) is 0 Å². The first-order valence-electron chi connectivity index (χ1n) is 10.7. The van der Waals surface area contributed by atoms with Crippen LogP contribution in [0, 0.1) is 12.8 Å². The highest BCUT2D eigenvalue weighted by Crippen LogP contribution is 2.31. The third-order valence-corrected chi connectivity index (χ3v) is 6.06. The highest BCUT2D eigenvalue weighted by atomic mass is 32.2. The van der Waals surface area contributed by atoms with Crippen molar-refractivity contribution in [2.24, 2.45) is 5.92 Å². The van der Waals surface area contributed by atoms with Gasteiger partial charge in [-0.15, -0.1) is 0 Å². The first-order valence-corrected chi connectivity index (χ1v) is 11.5. The minimum atomic E-state index is -0.744. The highest BCUT2D eigenvalue weighted by molar-refractivity contribution is 8.18. The van der Waals surface area contributed by atoms with E-state index in [4.69, 9.17) is 0 Å². The van der Waals surface area contributed by atoms with E-state index in [1.807, 2.05) is 63.2 Å². The molecule has 1 atom stereocenters. The van der Waals surface area contributed by atoms with Crippen molar-refractivity contribution in [3.05, 3.63) is 76.2 Å². The van der Waals surface area contributed by atoms with Gasteiger partial charge in [0.05, 0.1) is 4.91 Å². The van der Waals surface area contributed by atoms with Crippen LogP contribution in [0.15, 0.2) is 59.5 Å². The van der Waals surface area contributed by atoms with E-state index in [0.29, 0.717) is 10.5 Å². The molecule has 0 saturated carbocycles. The summed E-state index contributed by atoms with van der Waals surface area (Å²) in [5.41, 5.74) is 2.35. The molecule has 7 nitrogen and oxygen atoms in total. The van der Waals surface area contributed by atoms with Gasteiger partial charge in [-0.05, 0) is 48.4 Å². The zero-order valence-corrected chi connectivity index (χ0v) is 19.6. The van der Waals surface area contributed by atoms with E-state index < -0.39 is 6.04 Å². The third-order valence-electron chi connectivity index (χ3n) is 5.16. The summed E-state index contributed by atoms with van der Waals surface area (Å²) in [4.78, 5) is 51.6. The number of imide groups is 1. The first kappa shape index (κ1) is 24.3. The zero-order valence-electron chi connectivity index (χ0n) is 18.8. The van der Waals surface area contributed by atoms with Gasteiger partial charge in [0.15, 0.2) is 0 Å². The first-order chi connectivity index (χ1) is 15.8. The molecule has 1 fully saturated rings. The van der Waals surface area contributed by atoms with Gasteiger partial charge in [0.25, 0.3) is 17.1 Å². The predicted octanol–water partition coefficient (Wildman–Crippen LogP) is 3.60. The molecule has 1 saturated heterocycles. The Hall–Kier alpha value is -3.39. The molecular weight excluding hydrogens is 438 g/mol. The van der Waals surface area contributed by atoms with Gasteiger partial charge in [-0.3, -0.25) is 24.1 Å². The van der Waals surface area contributed by atoms with Crippen molar-refractivity contribution >= 4 is 40.8 Å². The van der Waals surface area contributed by atoms with Crippen LogP contribution in [-0.4, -0.2) is 47.0 Å². The summed E-state index contributed by atoms with van der Waals surface area (Å²) in [7, 11) is 0. The normalized spacial score (nSPS) is 15.8. The van der Waals surface area contributed by atoms with Gasteiger partial charge in [-0.2, -0.15) is 0 Å². The second-order valence-corrected chi connectivity index (χ2v) is 9.09. The molecule has 2 aromatic carbocycles. The van der Waals surface area contributed by atoms with Gasteiger partial charge in [0.1, 0.15) is 6.04 Å². The Morgan fingerprint density at radius 2 is 1.70 bits per heavy atom. The number of nitrogens with one attached hydrogen (secondary N) is 2. The summed E-state index contributed by atoms with van der Waals surface area (Å²) in [6.07, 6.45) is 1.68. The number of benzene rings is 2. The number of amides is 4. The number of hydrogen-bond acceptors (Lipinski definition) is 5. The highest BCUT2D eigenvalue weighted by Gasteiger charge is 2.35. The van der Waals surface area contributed by atoms with Gasteiger partial charge in [-0.25, -0.2) is 0 Å². The van der Waals surface area contributed by atoms with Crippen LogP contribution >= 0.6 is 11.8 Å². The van der Waals surface area contributed by atoms with Crippen LogP contribution in [0.1, 0.15) is 35.3 Å². The summed E-state index contributed by atoms with van der Waals surface area (Å²) in [6, 6.07) is 15.6. The molecule has 4 amide bonds. The van der Waals surface area contributed by atoms with Gasteiger partial charge in [-0.1, -0.05) is 61.9 Å². The number of carbonyl (C=O) groups excluding carboxylic acids is 4. The van der Waals surface area contributed by atoms with Gasteiger partial charge >= 0.3 is 0 Å². The fraction of sp³-hybridized carbons (Fsp3) is 0.280. The van der Waals surface area contributed by atoms with Gasteiger partial charge in [0.2, 0.25) is 5.91 Å². The molecule has 8 heteroatoms. The van der Waals surface area contributed by atoms with E-state index in [9.17, 15) is 19.2 Å². The molecule has 0 bridgehead atoms. The maximum atomic E-state index is 12.7. The quantitative estimate of drug-likeness (QED) is 0.581. The Morgan fingerprint density at radius 1 is 1.03 bits per heavy atom. The van der Waals surface area contributed by atoms with E-state index >= 15 is 0 Å². The molecule has 172 valence electrons. The van der Waals surface area contributed by atoms with Crippen LogP contribution in [0.3, 0.4) is 0 Å². The number of nitrogens with zero attached hydrogens (tertiary/aromatic N) is 1. The molecule has 33 heavy (non-hydrogen) atoms. The predicted molar refractivity (Wildman–Crippen MR) is 129 cm³/mol. The molecule has 0 radical (unpaired) electrons. The summed E-state index contributed by atoms with van der Waals surface area (Å²) >= 11 is 0.882. The van der Waals surface area contributed by atoms with E-state index in [0.717, 1.165) is 27.8 Å². The molecule has 0 unspecified atom stereocenters. The fourth-order valence-corrected chi connectivity index (χ4v) is 4.12. The van der Waals surface area contributed by atoms with Crippen molar-refractivity contribution in [2.45, 2.75) is 26.8 Å². The van der Waals surface area contributed by atoms with Crippen LogP contribution in [0.25, 0.3) is 6.08 Å². The summed E-state index contributed by atoms with van der Waals surface area (Å²) in [6.45, 7) is 5.76. The van der Waals surface area contributed by atoms with Gasteiger partial charge in [0, 0.05) is 18.7 Å². The zero-order chi connectivity index (χ0) is 24.0. The van der Waals surface area contributed by atoms with Crippen molar-refractivity contribution in [2.75, 3.05) is 13.1 Å². The largest absolute Gasteiger partial charge is 0.353 e. The van der Waals surface area contributed by atoms with Crippen molar-refractivity contribution in [1.82, 2.24) is 15.5 Å². The topological polar surface area (TPSA) is 95.6 Å². The van der Waals surface area contributed by atoms with Crippen LogP contribution in [0.4, 0.5) is 4.79 Å². The van der Waals surface area contributed by atoms with E-state index in [-0.39, 0.29) is 42.0 Å². The smallest absolute Gasteiger partial charge is 0.293 e. The average molecular weight is 466 g/mol. The molecule has 2 aromatic rings. The van der Waals surface area contributed by atoms with Crippen LogP contribution in [0.2, 0.25) is 0 Å². The summed E-state index contributed by atoms with van der Waals surface area (Å²) in [5, 5.41) is 5.13. The Morgan fingerprint density at radius 3 is 2.33 bits per heavy atom. The minimum absolute atomic E-state index is 0.0548. The van der Waals surface area contributed by atoms with Crippen molar-refractivity contribution < 1.29 is 19.2 Å². The Labute approximate surface area is 197 Å².